The van der Waals surface area contributed by atoms with Crippen LogP contribution in [0.3, 0.4) is 0 Å². The van der Waals surface area contributed by atoms with Crippen LogP contribution in [0.15, 0.2) is 42.6 Å². The van der Waals surface area contributed by atoms with Crippen molar-refractivity contribution in [2.45, 2.75) is 0 Å². The molecule has 1 aromatic carbocycles. The molecule has 0 aliphatic heterocycles. The van der Waals surface area contributed by atoms with Crippen LogP contribution in [0.4, 0.5) is 5.69 Å². The van der Waals surface area contributed by atoms with Crippen LogP contribution in [-0.2, 0) is 0 Å². The number of hydrogen-bond donors (Lipinski definition) is 2. The van der Waals surface area contributed by atoms with Crippen LogP contribution in [0.25, 0.3) is 0 Å². The average molecular weight is 216 g/mol. The molecule has 2 rings (SSSR count). The van der Waals surface area contributed by atoms with Crippen LogP contribution in [0.5, 0.6) is 5.75 Å². The molecule has 1 aromatic heterocycles. The summed E-state index contributed by atoms with van der Waals surface area (Å²) in [5, 5.41) is 2.77. The number of anilines is 1. The number of aromatic amines is 1. The van der Waals surface area contributed by atoms with Crippen molar-refractivity contribution >= 4 is 11.6 Å². The minimum atomic E-state index is -0.168. The van der Waals surface area contributed by atoms with Gasteiger partial charge in [-0.1, -0.05) is 6.07 Å². The zero-order valence-electron chi connectivity index (χ0n) is 8.86. The summed E-state index contributed by atoms with van der Waals surface area (Å²) in [6.07, 6.45) is 1.71. The van der Waals surface area contributed by atoms with Gasteiger partial charge in [0.15, 0.2) is 0 Å². The molecule has 4 nitrogen and oxygen atoms in total. The average Bonchev–Trinajstić information content (AvgIpc) is 2.83. The van der Waals surface area contributed by atoms with Gasteiger partial charge in [-0.05, 0) is 24.3 Å². The predicted molar refractivity (Wildman–Crippen MR) is 61.7 cm³/mol. The third-order valence-electron chi connectivity index (χ3n) is 2.17. The minimum Gasteiger partial charge on any atom is -0.497 e. The van der Waals surface area contributed by atoms with E-state index in [-0.39, 0.29) is 5.91 Å². The minimum absolute atomic E-state index is 0.168. The highest BCUT2D eigenvalue weighted by atomic mass is 16.5. The lowest BCUT2D eigenvalue weighted by atomic mass is 10.3. The number of hydrogen-bond acceptors (Lipinski definition) is 2. The van der Waals surface area contributed by atoms with Gasteiger partial charge in [-0.25, -0.2) is 0 Å². The van der Waals surface area contributed by atoms with Crippen molar-refractivity contribution in [1.82, 2.24) is 4.98 Å². The number of carbonyl (C=O) groups excluding carboxylic acids is 1. The molecule has 1 amide bonds. The van der Waals surface area contributed by atoms with Crippen molar-refractivity contribution in [2.75, 3.05) is 12.4 Å². The molecule has 0 radical (unpaired) electrons. The fraction of sp³-hybridized carbons (Fsp3) is 0.0833. The number of aromatic nitrogens is 1. The van der Waals surface area contributed by atoms with Gasteiger partial charge in [-0.15, -0.1) is 0 Å². The van der Waals surface area contributed by atoms with E-state index in [9.17, 15) is 4.79 Å². The Morgan fingerprint density at radius 1 is 1.31 bits per heavy atom. The first kappa shape index (κ1) is 10.3. The van der Waals surface area contributed by atoms with Crippen LogP contribution in [-0.4, -0.2) is 18.0 Å². The molecule has 0 spiro atoms. The van der Waals surface area contributed by atoms with Gasteiger partial charge in [-0.2, -0.15) is 0 Å². The number of nitrogens with one attached hydrogen (secondary N) is 2. The maximum absolute atomic E-state index is 11.7. The fourth-order valence-electron chi connectivity index (χ4n) is 1.37. The first-order valence-corrected chi connectivity index (χ1v) is 4.88. The van der Waals surface area contributed by atoms with Crippen LogP contribution >= 0.6 is 0 Å². The second kappa shape index (κ2) is 4.53. The first-order chi connectivity index (χ1) is 7.79. The van der Waals surface area contributed by atoms with E-state index in [0.29, 0.717) is 17.1 Å². The summed E-state index contributed by atoms with van der Waals surface area (Å²) < 4.78 is 5.07. The zero-order valence-corrected chi connectivity index (χ0v) is 8.86. The summed E-state index contributed by atoms with van der Waals surface area (Å²) in [6.45, 7) is 0. The molecule has 0 saturated heterocycles. The molecule has 4 heteroatoms. The van der Waals surface area contributed by atoms with Crippen LogP contribution in [0, 0.1) is 0 Å². The molecular formula is C12H12N2O2. The van der Waals surface area contributed by atoms with Crippen molar-refractivity contribution in [3.05, 3.63) is 48.3 Å². The van der Waals surface area contributed by atoms with Gasteiger partial charge < -0.3 is 15.0 Å². The number of methoxy groups -OCH3 is 1. The normalized spacial score (nSPS) is 9.81. The van der Waals surface area contributed by atoms with E-state index in [2.05, 4.69) is 10.3 Å². The number of ether oxygens (including phenoxy) is 1. The second-order valence-corrected chi connectivity index (χ2v) is 3.27. The van der Waals surface area contributed by atoms with E-state index < -0.39 is 0 Å². The van der Waals surface area contributed by atoms with Gasteiger partial charge in [0, 0.05) is 18.0 Å². The van der Waals surface area contributed by atoms with Crippen LogP contribution in [0.2, 0.25) is 0 Å². The largest absolute Gasteiger partial charge is 0.497 e. The second-order valence-electron chi connectivity index (χ2n) is 3.27. The molecule has 0 unspecified atom stereocenters. The lowest BCUT2D eigenvalue weighted by Gasteiger charge is -2.05. The summed E-state index contributed by atoms with van der Waals surface area (Å²) in [6, 6.07) is 10.7. The summed E-state index contributed by atoms with van der Waals surface area (Å²) in [5.74, 6) is 0.544. The van der Waals surface area contributed by atoms with E-state index in [0.717, 1.165) is 0 Å². The highest BCUT2D eigenvalue weighted by Gasteiger charge is 2.06. The zero-order chi connectivity index (χ0) is 11.4. The Kier molecular flexibility index (Phi) is 2.91. The van der Waals surface area contributed by atoms with Crippen molar-refractivity contribution in [2.24, 2.45) is 0 Å². The standard InChI is InChI=1S/C12H12N2O2/c1-16-10-5-2-4-9(8-10)14-12(15)11-6-3-7-13-11/h2-8,13H,1H3,(H,14,15). The molecule has 82 valence electrons. The molecule has 0 fully saturated rings. The molecule has 1 heterocycles. The fourth-order valence-corrected chi connectivity index (χ4v) is 1.37. The van der Waals surface area contributed by atoms with Crippen LogP contribution < -0.4 is 10.1 Å². The Labute approximate surface area is 93.3 Å². The van der Waals surface area contributed by atoms with E-state index >= 15 is 0 Å². The van der Waals surface area contributed by atoms with Crippen LogP contribution in [0.1, 0.15) is 10.5 Å². The lowest BCUT2D eigenvalue weighted by Crippen LogP contribution is -2.12. The molecule has 0 atom stereocenters. The third-order valence-corrected chi connectivity index (χ3v) is 2.17. The lowest BCUT2D eigenvalue weighted by molar-refractivity contribution is 0.102. The van der Waals surface area contributed by atoms with Gasteiger partial charge in [0.05, 0.1) is 7.11 Å². The van der Waals surface area contributed by atoms with E-state index in [1.165, 1.54) is 0 Å². The smallest absolute Gasteiger partial charge is 0.272 e. The molecule has 0 aliphatic rings. The summed E-state index contributed by atoms with van der Waals surface area (Å²) in [4.78, 5) is 14.5. The third kappa shape index (κ3) is 2.23. The van der Waals surface area contributed by atoms with Gasteiger partial charge in [-0.3, -0.25) is 4.79 Å². The van der Waals surface area contributed by atoms with Gasteiger partial charge in [0.2, 0.25) is 0 Å². The Morgan fingerprint density at radius 3 is 2.88 bits per heavy atom. The van der Waals surface area contributed by atoms with Gasteiger partial charge in [0.25, 0.3) is 5.91 Å². The Morgan fingerprint density at radius 2 is 2.19 bits per heavy atom. The number of H-pyrrole nitrogens is 1. The van der Waals surface area contributed by atoms with E-state index in [1.54, 1.807) is 31.5 Å². The van der Waals surface area contributed by atoms with E-state index in [1.807, 2.05) is 18.2 Å². The molecular weight excluding hydrogens is 204 g/mol. The molecule has 16 heavy (non-hydrogen) atoms. The van der Waals surface area contributed by atoms with Crippen molar-refractivity contribution < 1.29 is 9.53 Å². The molecule has 0 aliphatic carbocycles. The Bertz CT molecular complexity index is 478. The van der Waals surface area contributed by atoms with Gasteiger partial charge >= 0.3 is 0 Å². The summed E-state index contributed by atoms with van der Waals surface area (Å²) >= 11 is 0. The monoisotopic (exact) mass is 216 g/mol. The van der Waals surface area contributed by atoms with Crippen molar-refractivity contribution in [1.29, 1.82) is 0 Å². The quantitative estimate of drug-likeness (QED) is 0.826. The number of rotatable bonds is 3. The topological polar surface area (TPSA) is 54.1 Å². The number of benzene rings is 1. The number of carbonyl (C=O) groups is 1. The SMILES string of the molecule is COc1cccc(NC(=O)c2ccc[nH]2)c1. The molecule has 2 aromatic rings. The summed E-state index contributed by atoms with van der Waals surface area (Å²) in [5.41, 5.74) is 1.24. The Balaban J connectivity index is 2.12. The highest BCUT2D eigenvalue weighted by Crippen LogP contribution is 2.17. The molecule has 0 saturated carbocycles. The maximum atomic E-state index is 11.7. The maximum Gasteiger partial charge on any atom is 0.272 e. The molecule has 2 N–H and O–H groups in total. The predicted octanol–water partition coefficient (Wildman–Crippen LogP) is 2.28. The Hall–Kier alpha value is -2.23. The van der Waals surface area contributed by atoms with Crippen molar-refractivity contribution in [3.63, 3.8) is 0 Å². The highest BCUT2D eigenvalue weighted by molar-refractivity contribution is 6.02. The first-order valence-electron chi connectivity index (χ1n) is 4.88. The van der Waals surface area contributed by atoms with E-state index in [4.69, 9.17) is 4.74 Å². The number of amides is 1. The van der Waals surface area contributed by atoms with Crippen molar-refractivity contribution in [3.8, 4) is 5.75 Å². The summed E-state index contributed by atoms with van der Waals surface area (Å²) in [7, 11) is 1.59. The van der Waals surface area contributed by atoms with Gasteiger partial charge in [0.1, 0.15) is 11.4 Å². The molecule has 0 bridgehead atoms.